The van der Waals surface area contributed by atoms with Crippen LogP contribution in [0.5, 0.6) is 0 Å². The molecule has 0 saturated heterocycles. The molecule has 0 atom stereocenters. The molecule has 0 radical (unpaired) electrons. The number of hydrogen-bond donors (Lipinski definition) is 1. The summed E-state index contributed by atoms with van der Waals surface area (Å²) in [4.78, 5) is 10.3. The van der Waals surface area contributed by atoms with Crippen LogP contribution in [-0.2, 0) is 4.79 Å². The number of rotatable bonds is 3. The Morgan fingerprint density at radius 1 is 1.25 bits per heavy atom. The highest BCUT2D eigenvalue weighted by Crippen LogP contribution is 2.30. The Hall–Kier alpha value is -0.600. The number of hydrogen-bond acceptors (Lipinski definition) is 1. The third kappa shape index (κ3) is 2.80. The van der Waals surface area contributed by atoms with Crippen molar-refractivity contribution in [2.45, 2.75) is 32.1 Å². The van der Waals surface area contributed by atoms with Gasteiger partial charge < -0.3 is 5.11 Å². The van der Waals surface area contributed by atoms with E-state index in [9.17, 15) is 9.18 Å². The second-order valence-electron chi connectivity index (χ2n) is 3.64. The molecule has 1 fully saturated rings. The first-order valence-electron chi connectivity index (χ1n) is 4.50. The molecule has 0 amide bonds. The van der Waals surface area contributed by atoms with Crippen LogP contribution in [0.3, 0.4) is 0 Å². The Kier molecular flexibility index (Phi) is 3.50. The van der Waals surface area contributed by atoms with E-state index in [1.165, 1.54) is 0 Å². The average Bonchev–Trinajstić information content (AvgIpc) is 2.05. The molecule has 0 bridgehead atoms. The van der Waals surface area contributed by atoms with Crippen LogP contribution in [0.25, 0.3) is 0 Å². The summed E-state index contributed by atoms with van der Waals surface area (Å²) in [5.41, 5.74) is 0. The Bertz CT molecular complexity index is 151. The highest BCUT2D eigenvalue weighted by molar-refractivity contribution is 5.67. The van der Waals surface area contributed by atoms with Crippen molar-refractivity contribution in [2.75, 3.05) is 6.67 Å². The van der Waals surface area contributed by atoms with Crippen LogP contribution in [0.15, 0.2) is 0 Å². The Balaban J connectivity index is 2.21. The maximum Gasteiger partial charge on any atom is 0.303 e. The lowest BCUT2D eigenvalue weighted by Gasteiger charge is -2.25. The molecule has 0 heterocycles. The molecular formula is C9H15FO2. The second-order valence-corrected chi connectivity index (χ2v) is 3.64. The maximum absolute atomic E-state index is 12.2. The Morgan fingerprint density at radius 3 is 2.17 bits per heavy atom. The predicted octanol–water partition coefficient (Wildman–Crippen LogP) is 2.24. The van der Waals surface area contributed by atoms with Gasteiger partial charge in [0.2, 0.25) is 0 Å². The first-order chi connectivity index (χ1) is 5.72. The molecule has 1 saturated carbocycles. The molecule has 70 valence electrons. The van der Waals surface area contributed by atoms with Crippen LogP contribution >= 0.6 is 0 Å². The van der Waals surface area contributed by atoms with Crippen molar-refractivity contribution >= 4 is 5.97 Å². The SMILES string of the molecule is O=C(O)CC1CCC(CF)CC1. The van der Waals surface area contributed by atoms with Gasteiger partial charge in [0.15, 0.2) is 0 Å². The van der Waals surface area contributed by atoms with Gasteiger partial charge in [-0.3, -0.25) is 9.18 Å². The highest BCUT2D eigenvalue weighted by Gasteiger charge is 2.22. The maximum atomic E-state index is 12.2. The number of aliphatic carboxylic acids is 1. The quantitative estimate of drug-likeness (QED) is 0.712. The minimum atomic E-state index is -0.723. The Morgan fingerprint density at radius 2 is 1.75 bits per heavy atom. The van der Waals surface area contributed by atoms with Crippen molar-refractivity contribution in [3.05, 3.63) is 0 Å². The van der Waals surface area contributed by atoms with Gasteiger partial charge in [0, 0.05) is 6.42 Å². The second kappa shape index (κ2) is 4.43. The summed E-state index contributed by atoms with van der Waals surface area (Å²) in [6.45, 7) is -0.236. The fourth-order valence-corrected chi connectivity index (χ4v) is 1.84. The van der Waals surface area contributed by atoms with Crippen molar-refractivity contribution in [1.29, 1.82) is 0 Å². The summed E-state index contributed by atoms with van der Waals surface area (Å²) in [7, 11) is 0. The lowest BCUT2D eigenvalue weighted by molar-refractivity contribution is -0.138. The molecule has 1 rings (SSSR count). The number of carbonyl (C=O) groups is 1. The van der Waals surface area contributed by atoms with E-state index in [1.807, 2.05) is 0 Å². The molecule has 2 nitrogen and oxygen atoms in total. The van der Waals surface area contributed by atoms with Gasteiger partial charge >= 0.3 is 5.97 Å². The summed E-state index contributed by atoms with van der Waals surface area (Å²) in [6.07, 6.45) is 3.78. The minimum absolute atomic E-state index is 0.204. The van der Waals surface area contributed by atoms with Gasteiger partial charge in [-0.05, 0) is 37.5 Å². The van der Waals surface area contributed by atoms with Gasteiger partial charge in [-0.2, -0.15) is 0 Å². The molecule has 3 heteroatoms. The summed E-state index contributed by atoms with van der Waals surface area (Å²) in [6, 6.07) is 0. The average molecular weight is 174 g/mol. The summed E-state index contributed by atoms with van der Waals surface area (Å²) in [5, 5.41) is 8.51. The molecule has 1 aliphatic carbocycles. The van der Waals surface area contributed by atoms with Crippen molar-refractivity contribution in [1.82, 2.24) is 0 Å². The van der Waals surface area contributed by atoms with E-state index >= 15 is 0 Å². The zero-order valence-corrected chi connectivity index (χ0v) is 7.13. The smallest absolute Gasteiger partial charge is 0.303 e. The van der Waals surface area contributed by atoms with Gasteiger partial charge in [-0.15, -0.1) is 0 Å². The van der Waals surface area contributed by atoms with Gasteiger partial charge in [0.1, 0.15) is 0 Å². The molecule has 12 heavy (non-hydrogen) atoms. The number of carboxylic acid groups (broad SMARTS) is 1. The van der Waals surface area contributed by atoms with Crippen LogP contribution in [0.1, 0.15) is 32.1 Å². The van der Waals surface area contributed by atoms with Crippen molar-refractivity contribution < 1.29 is 14.3 Å². The number of carboxylic acids is 1. The van der Waals surface area contributed by atoms with Gasteiger partial charge in [0.05, 0.1) is 6.67 Å². The standard InChI is InChI=1S/C9H15FO2/c10-6-8-3-1-7(2-4-8)5-9(11)12/h7-8H,1-6H2,(H,11,12). The Labute approximate surface area is 71.8 Å². The summed E-state index contributed by atoms with van der Waals surface area (Å²) < 4.78 is 12.2. The lowest BCUT2D eigenvalue weighted by atomic mass is 9.81. The van der Waals surface area contributed by atoms with Crippen LogP contribution in [-0.4, -0.2) is 17.8 Å². The molecule has 0 spiro atoms. The zero-order chi connectivity index (χ0) is 8.97. The van der Waals surface area contributed by atoms with Crippen LogP contribution in [0.2, 0.25) is 0 Å². The molecule has 0 aromatic heterocycles. The molecule has 1 N–H and O–H groups in total. The van der Waals surface area contributed by atoms with E-state index in [2.05, 4.69) is 0 Å². The van der Waals surface area contributed by atoms with E-state index in [1.54, 1.807) is 0 Å². The molecule has 0 aromatic carbocycles. The van der Waals surface area contributed by atoms with E-state index in [-0.39, 0.29) is 19.0 Å². The number of halogens is 1. The van der Waals surface area contributed by atoms with E-state index in [0.717, 1.165) is 25.7 Å². The van der Waals surface area contributed by atoms with E-state index in [0.29, 0.717) is 5.92 Å². The van der Waals surface area contributed by atoms with Crippen LogP contribution in [0.4, 0.5) is 4.39 Å². The largest absolute Gasteiger partial charge is 0.481 e. The molecule has 0 aliphatic heterocycles. The lowest BCUT2D eigenvalue weighted by Crippen LogP contribution is -2.18. The van der Waals surface area contributed by atoms with Crippen LogP contribution in [0, 0.1) is 11.8 Å². The first-order valence-corrected chi connectivity index (χ1v) is 4.50. The predicted molar refractivity (Wildman–Crippen MR) is 43.7 cm³/mol. The van der Waals surface area contributed by atoms with Gasteiger partial charge in [-0.25, -0.2) is 0 Å². The van der Waals surface area contributed by atoms with Gasteiger partial charge in [-0.1, -0.05) is 0 Å². The van der Waals surface area contributed by atoms with Crippen LogP contribution < -0.4 is 0 Å². The fraction of sp³-hybridized carbons (Fsp3) is 0.889. The van der Waals surface area contributed by atoms with E-state index < -0.39 is 5.97 Å². The zero-order valence-electron chi connectivity index (χ0n) is 7.13. The first kappa shape index (κ1) is 9.49. The number of alkyl halides is 1. The van der Waals surface area contributed by atoms with E-state index in [4.69, 9.17) is 5.11 Å². The minimum Gasteiger partial charge on any atom is -0.481 e. The summed E-state index contributed by atoms with van der Waals surface area (Å²) >= 11 is 0. The van der Waals surface area contributed by atoms with Crippen molar-refractivity contribution in [3.8, 4) is 0 Å². The normalized spacial score (nSPS) is 30.1. The topological polar surface area (TPSA) is 37.3 Å². The molecule has 0 aromatic rings. The fourth-order valence-electron chi connectivity index (χ4n) is 1.84. The third-order valence-corrected chi connectivity index (χ3v) is 2.65. The van der Waals surface area contributed by atoms with Crippen molar-refractivity contribution in [2.24, 2.45) is 11.8 Å². The highest BCUT2D eigenvalue weighted by atomic mass is 19.1. The van der Waals surface area contributed by atoms with Gasteiger partial charge in [0.25, 0.3) is 0 Å². The molecular weight excluding hydrogens is 159 g/mol. The third-order valence-electron chi connectivity index (χ3n) is 2.65. The molecule has 1 aliphatic rings. The summed E-state index contributed by atoms with van der Waals surface area (Å²) in [5.74, 6) is -0.223. The monoisotopic (exact) mass is 174 g/mol. The van der Waals surface area contributed by atoms with Crippen molar-refractivity contribution in [3.63, 3.8) is 0 Å². The molecule has 0 unspecified atom stereocenters.